The molecule has 1 aliphatic heterocycles. The second-order valence-corrected chi connectivity index (χ2v) is 6.24. The van der Waals surface area contributed by atoms with Crippen LogP contribution >= 0.6 is 0 Å². The van der Waals surface area contributed by atoms with Gasteiger partial charge in [-0.3, -0.25) is 0 Å². The molecule has 0 amide bonds. The van der Waals surface area contributed by atoms with Gasteiger partial charge in [0.05, 0.1) is 0 Å². The lowest BCUT2D eigenvalue weighted by Gasteiger charge is -2.37. The molecule has 2 aliphatic rings. The number of rotatable bonds is 3. The van der Waals surface area contributed by atoms with E-state index >= 15 is 0 Å². The first-order chi connectivity index (χ1) is 9.36. The molecule has 1 aliphatic carbocycles. The number of piperidine rings is 1. The van der Waals surface area contributed by atoms with Crippen molar-refractivity contribution in [3.05, 3.63) is 12.2 Å². The van der Waals surface area contributed by atoms with Crippen molar-refractivity contribution in [3.63, 3.8) is 0 Å². The molecule has 2 fully saturated rings. The quantitative estimate of drug-likeness (QED) is 0.911. The zero-order chi connectivity index (χ0) is 13.1. The lowest BCUT2D eigenvalue weighted by Crippen LogP contribution is -2.41. The summed E-state index contributed by atoms with van der Waals surface area (Å²) in [6.45, 7) is 4.54. The van der Waals surface area contributed by atoms with Crippen molar-refractivity contribution in [2.45, 2.75) is 69.7 Å². The summed E-state index contributed by atoms with van der Waals surface area (Å²) in [4.78, 5) is 0. The standard InChI is InChI=1S/C15H26N4/c1-2-15(8-10-16-11-9-15)14-18-17-12-19(14)13-6-4-3-5-7-13/h12-13,16H,2-11H2,1H3. The molecule has 0 unspecified atom stereocenters. The van der Waals surface area contributed by atoms with Crippen LogP contribution in [0.3, 0.4) is 0 Å². The fourth-order valence-electron chi connectivity index (χ4n) is 3.89. The maximum atomic E-state index is 4.54. The highest BCUT2D eigenvalue weighted by Gasteiger charge is 2.37. The summed E-state index contributed by atoms with van der Waals surface area (Å²) in [5.74, 6) is 1.27. The SMILES string of the molecule is CCC1(c2nncn2C2CCCCC2)CCNCC1. The number of hydrogen-bond acceptors (Lipinski definition) is 3. The minimum Gasteiger partial charge on any atom is -0.317 e. The number of hydrogen-bond donors (Lipinski definition) is 1. The van der Waals surface area contributed by atoms with Gasteiger partial charge in [0, 0.05) is 11.5 Å². The maximum Gasteiger partial charge on any atom is 0.139 e. The van der Waals surface area contributed by atoms with E-state index in [2.05, 4.69) is 27.0 Å². The molecule has 1 saturated carbocycles. The van der Waals surface area contributed by atoms with Crippen LogP contribution in [0.5, 0.6) is 0 Å². The third kappa shape index (κ3) is 2.42. The van der Waals surface area contributed by atoms with Crippen molar-refractivity contribution < 1.29 is 0 Å². The summed E-state index contributed by atoms with van der Waals surface area (Å²) in [6, 6.07) is 0.650. The molecule has 2 heterocycles. The predicted octanol–water partition coefficient (Wildman–Crippen LogP) is 2.81. The monoisotopic (exact) mass is 262 g/mol. The van der Waals surface area contributed by atoms with Crippen molar-refractivity contribution in [3.8, 4) is 0 Å². The molecular weight excluding hydrogens is 236 g/mol. The Morgan fingerprint density at radius 3 is 2.68 bits per heavy atom. The van der Waals surface area contributed by atoms with E-state index in [1.165, 1.54) is 57.2 Å². The zero-order valence-corrected chi connectivity index (χ0v) is 12.1. The van der Waals surface area contributed by atoms with E-state index < -0.39 is 0 Å². The third-order valence-electron chi connectivity index (χ3n) is 5.25. The summed E-state index contributed by atoms with van der Waals surface area (Å²) in [7, 11) is 0. The van der Waals surface area contributed by atoms with Gasteiger partial charge in [-0.25, -0.2) is 0 Å². The normalized spacial score (nSPS) is 24.5. The maximum absolute atomic E-state index is 4.54. The molecule has 1 N–H and O–H groups in total. The Morgan fingerprint density at radius 1 is 1.26 bits per heavy atom. The van der Waals surface area contributed by atoms with Gasteiger partial charge in [0.2, 0.25) is 0 Å². The van der Waals surface area contributed by atoms with E-state index in [1.807, 2.05) is 6.33 Å². The average Bonchev–Trinajstić information content (AvgIpc) is 2.99. The topological polar surface area (TPSA) is 42.7 Å². The highest BCUT2D eigenvalue weighted by molar-refractivity contribution is 5.11. The van der Waals surface area contributed by atoms with Crippen molar-refractivity contribution in [1.29, 1.82) is 0 Å². The summed E-state index contributed by atoms with van der Waals surface area (Å²) in [6.07, 6.45) is 12.3. The minimum absolute atomic E-state index is 0.263. The predicted molar refractivity (Wildman–Crippen MR) is 76.2 cm³/mol. The Bertz CT molecular complexity index is 400. The zero-order valence-electron chi connectivity index (χ0n) is 12.1. The molecule has 0 aromatic carbocycles. The molecule has 19 heavy (non-hydrogen) atoms. The molecule has 106 valence electrons. The smallest absolute Gasteiger partial charge is 0.139 e. The van der Waals surface area contributed by atoms with E-state index in [1.54, 1.807) is 0 Å². The van der Waals surface area contributed by atoms with Crippen LogP contribution in [-0.2, 0) is 5.41 Å². The summed E-state index contributed by atoms with van der Waals surface area (Å²) in [5, 5.41) is 12.3. The van der Waals surface area contributed by atoms with E-state index in [0.29, 0.717) is 6.04 Å². The summed E-state index contributed by atoms with van der Waals surface area (Å²) < 4.78 is 2.42. The van der Waals surface area contributed by atoms with Crippen LogP contribution < -0.4 is 5.32 Å². The van der Waals surface area contributed by atoms with Crippen LogP contribution in [0.2, 0.25) is 0 Å². The third-order valence-corrected chi connectivity index (χ3v) is 5.25. The van der Waals surface area contributed by atoms with Gasteiger partial charge in [0.25, 0.3) is 0 Å². The van der Waals surface area contributed by atoms with Crippen LogP contribution in [-0.4, -0.2) is 27.9 Å². The summed E-state index contributed by atoms with van der Waals surface area (Å²) in [5.41, 5.74) is 0.263. The largest absolute Gasteiger partial charge is 0.317 e. The van der Waals surface area contributed by atoms with Gasteiger partial charge < -0.3 is 9.88 Å². The Kier molecular flexibility index (Phi) is 3.87. The van der Waals surface area contributed by atoms with Crippen molar-refractivity contribution in [2.24, 2.45) is 0 Å². The van der Waals surface area contributed by atoms with E-state index in [-0.39, 0.29) is 5.41 Å². The first kappa shape index (κ1) is 13.1. The molecule has 4 heteroatoms. The lowest BCUT2D eigenvalue weighted by molar-refractivity contribution is 0.253. The Labute approximate surface area is 116 Å². The molecular formula is C15H26N4. The van der Waals surface area contributed by atoms with Crippen molar-refractivity contribution in [2.75, 3.05) is 13.1 Å². The summed E-state index contributed by atoms with van der Waals surface area (Å²) >= 11 is 0. The van der Waals surface area contributed by atoms with Crippen molar-refractivity contribution in [1.82, 2.24) is 20.1 Å². The van der Waals surface area contributed by atoms with Gasteiger partial charge >= 0.3 is 0 Å². The molecule has 4 nitrogen and oxygen atoms in total. The molecule has 0 spiro atoms. The molecule has 0 bridgehead atoms. The molecule has 1 aromatic heterocycles. The van der Waals surface area contributed by atoms with Gasteiger partial charge in [-0.15, -0.1) is 10.2 Å². The Hall–Kier alpha value is -0.900. The Morgan fingerprint density at radius 2 is 2.00 bits per heavy atom. The van der Waals surface area contributed by atoms with Crippen LogP contribution in [0.1, 0.15) is 70.2 Å². The fourth-order valence-corrected chi connectivity index (χ4v) is 3.89. The highest BCUT2D eigenvalue weighted by atomic mass is 15.3. The Balaban J connectivity index is 1.89. The minimum atomic E-state index is 0.263. The van der Waals surface area contributed by atoms with E-state index in [0.717, 1.165) is 13.1 Å². The molecule has 3 rings (SSSR count). The fraction of sp³-hybridized carbons (Fsp3) is 0.867. The number of aromatic nitrogens is 3. The molecule has 1 aromatic rings. The van der Waals surface area contributed by atoms with Gasteiger partial charge in [0.1, 0.15) is 12.2 Å². The number of nitrogens with one attached hydrogen (secondary N) is 1. The van der Waals surface area contributed by atoms with E-state index in [4.69, 9.17) is 0 Å². The van der Waals surface area contributed by atoms with Gasteiger partial charge in [-0.05, 0) is 45.2 Å². The first-order valence-electron chi connectivity index (χ1n) is 7.96. The van der Waals surface area contributed by atoms with Crippen molar-refractivity contribution >= 4 is 0 Å². The van der Waals surface area contributed by atoms with Gasteiger partial charge in [-0.1, -0.05) is 26.2 Å². The van der Waals surface area contributed by atoms with Crippen LogP contribution in [0.25, 0.3) is 0 Å². The highest BCUT2D eigenvalue weighted by Crippen LogP contribution is 2.38. The average molecular weight is 262 g/mol. The number of nitrogens with zero attached hydrogens (tertiary/aromatic N) is 3. The van der Waals surface area contributed by atoms with Crippen LogP contribution in [0, 0.1) is 0 Å². The molecule has 0 atom stereocenters. The van der Waals surface area contributed by atoms with Gasteiger partial charge in [0.15, 0.2) is 0 Å². The van der Waals surface area contributed by atoms with Gasteiger partial charge in [-0.2, -0.15) is 0 Å². The van der Waals surface area contributed by atoms with Crippen LogP contribution in [0.4, 0.5) is 0 Å². The first-order valence-corrected chi connectivity index (χ1v) is 7.96. The van der Waals surface area contributed by atoms with Crippen LogP contribution in [0.15, 0.2) is 6.33 Å². The second kappa shape index (κ2) is 5.61. The second-order valence-electron chi connectivity index (χ2n) is 6.24. The lowest BCUT2D eigenvalue weighted by atomic mass is 9.75. The van der Waals surface area contributed by atoms with E-state index in [9.17, 15) is 0 Å². The molecule has 1 saturated heterocycles. The molecule has 0 radical (unpaired) electrons.